The maximum absolute atomic E-state index is 13.1. The lowest BCUT2D eigenvalue weighted by Crippen LogP contribution is -2.53. The van der Waals surface area contributed by atoms with Crippen molar-refractivity contribution in [1.29, 1.82) is 0 Å². The van der Waals surface area contributed by atoms with Gasteiger partial charge in [0.1, 0.15) is 18.1 Å². The molecule has 0 atom stereocenters. The highest BCUT2D eigenvalue weighted by Gasteiger charge is 2.28. The van der Waals surface area contributed by atoms with Gasteiger partial charge in [-0.15, -0.1) is 0 Å². The van der Waals surface area contributed by atoms with Crippen LogP contribution >= 0.6 is 0 Å². The van der Waals surface area contributed by atoms with Crippen LogP contribution in [0.1, 0.15) is 29.8 Å². The summed E-state index contributed by atoms with van der Waals surface area (Å²) in [4.78, 5) is 56.3. The Morgan fingerprint density at radius 1 is 1.00 bits per heavy atom. The van der Waals surface area contributed by atoms with Gasteiger partial charge in [0.25, 0.3) is 11.5 Å². The summed E-state index contributed by atoms with van der Waals surface area (Å²) < 4.78 is 7.33. The Bertz CT molecular complexity index is 1100. The standard InChI is InChI=1S/C21H28N6O5/c1-23-18(22)17(25-7-3-2-4-8-25)20(30)27(21(23)31)14-16(28)24-9-11-26(12-10-24)19(29)15-6-5-13-32-15/h5-6,13H,2-4,7-12,14,22H2,1H3. The summed E-state index contributed by atoms with van der Waals surface area (Å²) in [6, 6.07) is 3.25. The van der Waals surface area contributed by atoms with Crippen LogP contribution in [0.5, 0.6) is 0 Å². The number of carbonyl (C=O) groups is 2. The van der Waals surface area contributed by atoms with Crippen LogP contribution in [0, 0.1) is 0 Å². The molecule has 2 amide bonds. The second-order valence-electron chi connectivity index (χ2n) is 8.16. The number of piperidine rings is 1. The minimum absolute atomic E-state index is 0.121. The highest BCUT2D eigenvalue weighted by atomic mass is 16.3. The van der Waals surface area contributed by atoms with Crippen LogP contribution in [-0.4, -0.2) is 70.0 Å². The molecular formula is C21H28N6O5. The average Bonchev–Trinajstić information content (AvgIpc) is 3.36. The van der Waals surface area contributed by atoms with E-state index in [-0.39, 0.29) is 35.6 Å². The van der Waals surface area contributed by atoms with Crippen molar-refractivity contribution in [3.8, 4) is 0 Å². The van der Waals surface area contributed by atoms with Crippen LogP contribution in [-0.2, 0) is 18.4 Å². The van der Waals surface area contributed by atoms with E-state index in [9.17, 15) is 19.2 Å². The van der Waals surface area contributed by atoms with Crippen molar-refractivity contribution in [3.63, 3.8) is 0 Å². The SMILES string of the molecule is Cn1c(N)c(N2CCCCC2)c(=O)n(CC(=O)N2CCN(C(=O)c3ccco3)CC2)c1=O. The number of nitrogens with two attached hydrogens (primary N) is 1. The molecule has 2 aromatic heterocycles. The molecule has 0 bridgehead atoms. The zero-order chi connectivity index (χ0) is 22.8. The molecule has 2 aliphatic heterocycles. The largest absolute Gasteiger partial charge is 0.459 e. The molecule has 0 radical (unpaired) electrons. The Labute approximate surface area is 184 Å². The van der Waals surface area contributed by atoms with Crippen molar-refractivity contribution in [2.24, 2.45) is 7.05 Å². The average molecular weight is 444 g/mol. The summed E-state index contributed by atoms with van der Waals surface area (Å²) >= 11 is 0. The summed E-state index contributed by atoms with van der Waals surface area (Å²) in [6.45, 7) is 2.34. The maximum atomic E-state index is 13.1. The Hall–Kier alpha value is -3.50. The van der Waals surface area contributed by atoms with Gasteiger partial charge in [-0.25, -0.2) is 9.36 Å². The third kappa shape index (κ3) is 4.02. The first-order chi connectivity index (χ1) is 15.4. The number of carbonyl (C=O) groups excluding carboxylic acids is 2. The number of aromatic nitrogens is 2. The van der Waals surface area contributed by atoms with Gasteiger partial charge in [0.2, 0.25) is 5.91 Å². The number of anilines is 2. The van der Waals surface area contributed by atoms with Gasteiger partial charge in [-0.1, -0.05) is 0 Å². The molecule has 0 aliphatic carbocycles. The highest BCUT2D eigenvalue weighted by molar-refractivity contribution is 5.91. The van der Waals surface area contributed by atoms with E-state index in [0.717, 1.165) is 23.8 Å². The molecular weight excluding hydrogens is 416 g/mol. The van der Waals surface area contributed by atoms with Crippen molar-refractivity contribution in [2.75, 3.05) is 49.9 Å². The molecule has 172 valence electrons. The first kappa shape index (κ1) is 21.7. The van der Waals surface area contributed by atoms with E-state index in [0.29, 0.717) is 39.3 Å². The number of piperazine rings is 1. The van der Waals surface area contributed by atoms with Gasteiger partial charge in [-0.3, -0.25) is 19.0 Å². The third-order valence-electron chi connectivity index (χ3n) is 6.19. The van der Waals surface area contributed by atoms with E-state index in [4.69, 9.17) is 10.2 Å². The van der Waals surface area contributed by atoms with Gasteiger partial charge in [-0.05, 0) is 31.4 Å². The zero-order valence-corrected chi connectivity index (χ0v) is 18.2. The minimum Gasteiger partial charge on any atom is -0.459 e. The van der Waals surface area contributed by atoms with Gasteiger partial charge in [0.05, 0.1) is 6.26 Å². The molecule has 2 aromatic rings. The Kier molecular flexibility index (Phi) is 6.06. The molecule has 0 spiro atoms. The molecule has 0 aromatic carbocycles. The predicted octanol–water partition coefficient (Wildman–Crippen LogP) is -0.303. The highest BCUT2D eigenvalue weighted by Crippen LogP contribution is 2.21. The van der Waals surface area contributed by atoms with Crippen LogP contribution in [0.3, 0.4) is 0 Å². The van der Waals surface area contributed by atoms with Crippen LogP contribution in [0.2, 0.25) is 0 Å². The normalized spacial score (nSPS) is 17.0. The molecule has 2 fully saturated rings. The lowest BCUT2D eigenvalue weighted by Gasteiger charge is -2.34. The van der Waals surface area contributed by atoms with E-state index < -0.39 is 11.2 Å². The van der Waals surface area contributed by atoms with Gasteiger partial charge >= 0.3 is 5.69 Å². The van der Waals surface area contributed by atoms with Crippen LogP contribution < -0.4 is 21.9 Å². The lowest BCUT2D eigenvalue weighted by atomic mass is 10.1. The number of rotatable bonds is 4. The van der Waals surface area contributed by atoms with Crippen molar-refractivity contribution in [3.05, 3.63) is 45.0 Å². The van der Waals surface area contributed by atoms with Gasteiger partial charge in [-0.2, -0.15) is 0 Å². The monoisotopic (exact) mass is 444 g/mol. The number of amides is 2. The summed E-state index contributed by atoms with van der Waals surface area (Å²) in [5.41, 5.74) is 5.24. The zero-order valence-electron chi connectivity index (χ0n) is 18.2. The smallest absolute Gasteiger partial charge is 0.332 e. The number of hydrogen-bond acceptors (Lipinski definition) is 7. The molecule has 2 saturated heterocycles. The van der Waals surface area contributed by atoms with Crippen LogP contribution in [0.15, 0.2) is 32.4 Å². The Balaban J connectivity index is 1.49. The van der Waals surface area contributed by atoms with Crippen molar-refractivity contribution >= 4 is 23.3 Å². The third-order valence-corrected chi connectivity index (χ3v) is 6.19. The molecule has 4 rings (SSSR count). The predicted molar refractivity (Wildman–Crippen MR) is 118 cm³/mol. The lowest BCUT2D eigenvalue weighted by molar-refractivity contribution is -0.133. The first-order valence-corrected chi connectivity index (χ1v) is 10.8. The maximum Gasteiger partial charge on any atom is 0.332 e. The number of furan rings is 1. The second-order valence-corrected chi connectivity index (χ2v) is 8.16. The van der Waals surface area contributed by atoms with E-state index in [2.05, 4.69) is 0 Å². The first-order valence-electron chi connectivity index (χ1n) is 10.8. The minimum atomic E-state index is -0.617. The fraction of sp³-hybridized carbons (Fsp3) is 0.524. The summed E-state index contributed by atoms with van der Waals surface area (Å²) in [7, 11) is 1.50. The summed E-state index contributed by atoms with van der Waals surface area (Å²) in [5, 5.41) is 0. The van der Waals surface area contributed by atoms with E-state index in [1.165, 1.54) is 17.9 Å². The molecule has 0 saturated carbocycles. The van der Waals surface area contributed by atoms with Crippen molar-refractivity contribution in [2.45, 2.75) is 25.8 Å². The second kappa shape index (κ2) is 8.93. The Morgan fingerprint density at radius 2 is 1.66 bits per heavy atom. The Morgan fingerprint density at radius 3 is 2.28 bits per heavy atom. The van der Waals surface area contributed by atoms with Crippen LogP contribution in [0.25, 0.3) is 0 Å². The molecule has 4 heterocycles. The van der Waals surface area contributed by atoms with Gasteiger partial charge in [0, 0.05) is 46.3 Å². The molecule has 11 heteroatoms. The van der Waals surface area contributed by atoms with Gasteiger partial charge in [0.15, 0.2) is 5.76 Å². The van der Waals surface area contributed by atoms with Crippen molar-refractivity contribution < 1.29 is 14.0 Å². The fourth-order valence-corrected chi connectivity index (χ4v) is 4.27. The summed E-state index contributed by atoms with van der Waals surface area (Å²) in [5.74, 6) is -0.192. The number of nitrogen functional groups attached to an aromatic ring is 1. The van der Waals surface area contributed by atoms with E-state index >= 15 is 0 Å². The van der Waals surface area contributed by atoms with Crippen molar-refractivity contribution in [1.82, 2.24) is 18.9 Å². The fourth-order valence-electron chi connectivity index (χ4n) is 4.27. The molecule has 2 N–H and O–H groups in total. The molecule has 0 unspecified atom stereocenters. The molecule has 32 heavy (non-hydrogen) atoms. The van der Waals surface area contributed by atoms with E-state index in [1.807, 2.05) is 4.90 Å². The number of nitrogens with zero attached hydrogens (tertiary/aromatic N) is 5. The molecule has 2 aliphatic rings. The topological polar surface area (TPSA) is 127 Å². The quantitative estimate of drug-likeness (QED) is 0.686. The van der Waals surface area contributed by atoms with Gasteiger partial charge < -0.3 is 24.9 Å². The summed E-state index contributed by atoms with van der Waals surface area (Å²) in [6.07, 6.45) is 4.42. The van der Waals surface area contributed by atoms with E-state index in [1.54, 1.807) is 21.9 Å². The number of hydrogen-bond donors (Lipinski definition) is 1. The molecule has 11 nitrogen and oxygen atoms in total. The van der Waals surface area contributed by atoms with Crippen LogP contribution in [0.4, 0.5) is 11.5 Å².